The zero-order valence-electron chi connectivity index (χ0n) is 21.8. The molecule has 0 spiro atoms. The molecule has 2 N–H and O–H groups in total. The summed E-state index contributed by atoms with van der Waals surface area (Å²) in [5, 5.41) is 0. The van der Waals surface area contributed by atoms with Crippen LogP contribution in [0.4, 0.5) is 0 Å². The van der Waals surface area contributed by atoms with Crippen molar-refractivity contribution in [1.82, 2.24) is 4.90 Å². The first kappa shape index (κ1) is 26.2. The molecular formula is C33H36N2O2. The monoisotopic (exact) mass is 492 g/mol. The molecule has 0 saturated carbocycles. The molecule has 4 aromatic rings. The van der Waals surface area contributed by atoms with Crippen molar-refractivity contribution in [2.75, 3.05) is 19.7 Å². The molecule has 0 aliphatic heterocycles. The van der Waals surface area contributed by atoms with Crippen molar-refractivity contribution in [3.8, 4) is 5.75 Å². The van der Waals surface area contributed by atoms with E-state index in [0.717, 1.165) is 31.8 Å². The molecule has 0 fully saturated rings. The Bertz CT molecular complexity index is 1230. The van der Waals surface area contributed by atoms with Crippen molar-refractivity contribution in [2.45, 2.75) is 32.7 Å². The van der Waals surface area contributed by atoms with Crippen LogP contribution in [-0.2, 0) is 6.54 Å². The molecule has 4 rings (SSSR count). The zero-order chi connectivity index (χ0) is 26.0. The van der Waals surface area contributed by atoms with E-state index in [0.29, 0.717) is 12.2 Å². The van der Waals surface area contributed by atoms with E-state index in [-0.39, 0.29) is 5.92 Å². The molecule has 0 aliphatic carbocycles. The van der Waals surface area contributed by atoms with Crippen molar-refractivity contribution in [3.05, 3.63) is 137 Å². The van der Waals surface area contributed by atoms with Crippen molar-refractivity contribution < 1.29 is 9.53 Å². The first-order valence-electron chi connectivity index (χ1n) is 12.9. The smallest absolute Gasteiger partial charge is 0.248 e. The van der Waals surface area contributed by atoms with Gasteiger partial charge in [-0.25, -0.2) is 0 Å². The van der Waals surface area contributed by atoms with Gasteiger partial charge in [0, 0.05) is 31.1 Å². The van der Waals surface area contributed by atoms with E-state index < -0.39 is 5.91 Å². The molecule has 0 unspecified atom stereocenters. The van der Waals surface area contributed by atoms with Crippen LogP contribution in [0.2, 0.25) is 0 Å². The van der Waals surface area contributed by atoms with Gasteiger partial charge in [-0.3, -0.25) is 9.69 Å². The number of aryl methyl sites for hydroxylation is 2. The second-order valence-electron chi connectivity index (χ2n) is 9.63. The molecular weight excluding hydrogens is 456 g/mol. The number of amides is 1. The molecule has 0 aromatic heterocycles. The maximum absolute atomic E-state index is 11.3. The fourth-order valence-electron chi connectivity index (χ4n) is 4.72. The zero-order valence-corrected chi connectivity index (χ0v) is 21.8. The normalized spacial score (nSPS) is 11.1. The summed E-state index contributed by atoms with van der Waals surface area (Å²) in [4.78, 5) is 13.9. The van der Waals surface area contributed by atoms with Gasteiger partial charge in [-0.1, -0.05) is 84.4 Å². The number of nitrogens with two attached hydrogens (primary N) is 1. The van der Waals surface area contributed by atoms with Gasteiger partial charge in [0.2, 0.25) is 5.91 Å². The van der Waals surface area contributed by atoms with Crippen molar-refractivity contribution >= 4 is 5.91 Å². The summed E-state index contributed by atoms with van der Waals surface area (Å²) in [6.07, 6.45) is 0.888. The Balaban J connectivity index is 1.49. The van der Waals surface area contributed by atoms with Crippen LogP contribution in [0.1, 0.15) is 50.5 Å². The molecule has 0 saturated heterocycles. The van der Waals surface area contributed by atoms with E-state index in [1.165, 1.54) is 27.8 Å². The largest absolute Gasteiger partial charge is 0.494 e. The van der Waals surface area contributed by atoms with Crippen LogP contribution in [-0.4, -0.2) is 30.5 Å². The Kier molecular flexibility index (Phi) is 9.12. The maximum Gasteiger partial charge on any atom is 0.248 e. The van der Waals surface area contributed by atoms with Crippen molar-refractivity contribution in [2.24, 2.45) is 5.73 Å². The van der Waals surface area contributed by atoms with Gasteiger partial charge in [-0.05, 0) is 66.8 Å². The molecule has 0 heterocycles. The minimum absolute atomic E-state index is 0.274. The highest BCUT2D eigenvalue weighted by atomic mass is 16.5. The Hall–Kier alpha value is -3.89. The molecule has 37 heavy (non-hydrogen) atoms. The second-order valence-corrected chi connectivity index (χ2v) is 9.63. The third-order valence-corrected chi connectivity index (χ3v) is 6.76. The van der Waals surface area contributed by atoms with Gasteiger partial charge in [0.25, 0.3) is 0 Å². The van der Waals surface area contributed by atoms with Gasteiger partial charge in [0.1, 0.15) is 5.75 Å². The Labute approximate surface area is 220 Å². The van der Waals surface area contributed by atoms with Gasteiger partial charge in [-0.15, -0.1) is 0 Å². The summed E-state index contributed by atoms with van der Waals surface area (Å²) >= 11 is 0. The summed E-state index contributed by atoms with van der Waals surface area (Å²) in [6, 6.07) is 35.3. The van der Waals surface area contributed by atoms with Gasteiger partial charge < -0.3 is 10.5 Å². The fraction of sp³-hybridized carbons (Fsp3) is 0.242. The van der Waals surface area contributed by atoms with Crippen LogP contribution in [0.25, 0.3) is 0 Å². The lowest BCUT2D eigenvalue weighted by Crippen LogP contribution is -2.31. The second kappa shape index (κ2) is 12.9. The SMILES string of the molecule is Cc1ccc(CN(CCCOc2ccc(C(N)=O)cc2)CC(c2ccccc2)c2ccccc2)c(C)c1. The average Bonchev–Trinajstić information content (AvgIpc) is 2.92. The van der Waals surface area contributed by atoms with Crippen LogP contribution in [0, 0.1) is 13.8 Å². The third kappa shape index (κ3) is 7.55. The van der Waals surface area contributed by atoms with Crippen LogP contribution in [0.3, 0.4) is 0 Å². The van der Waals surface area contributed by atoms with E-state index in [1.54, 1.807) is 24.3 Å². The highest BCUT2D eigenvalue weighted by molar-refractivity contribution is 5.92. The lowest BCUT2D eigenvalue weighted by atomic mass is 9.90. The molecule has 1 amide bonds. The Morgan fingerprint density at radius 3 is 2.03 bits per heavy atom. The molecule has 4 nitrogen and oxygen atoms in total. The minimum Gasteiger partial charge on any atom is -0.494 e. The minimum atomic E-state index is -0.431. The molecule has 0 atom stereocenters. The standard InChI is InChI=1S/C33H36N2O2/c1-25-14-15-30(26(2)22-25)23-35(20-9-21-37-31-18-16-29(17-19-31)33(34)36)24-32(27-10-5-3-6-11-27)28-12-7-4-8-13-28/h3-8,10-19,22,32H,9,20-21,23-24H2,1-2H3,(H2,34,36). The van der Waals surface area contributed by atoms with Crippen LogP contribution < -0.4 is 10.5 Å². The van der Waals surface area contributed by atoms with E-state index in [9.17, 15) is 4.79 Å². The maximum atomic E-state index is 11.3. The van der Waals surface area contributed by atoms with Gasteiger partial charge >= 0.3 is 0 Å². The highest BCUT2D eigenvalue weighted by Gasteiger charge is 2.19. The fourth-order valence-corrected chi connectivity index (χ4v) is 4.72. The van der Waals surface area contributed by atoms with Crippen molar-refractivity contribution in [1.29, 1.82) is 0 Å². The first-order valence-corrected chi connectivity index (χ1v) is 12.9. The van der Waals surface area contributed by atoms with E-state index in [2.05, 4.69) is 97.6 Å². The summed E-state index contributed by atoms with van der Waals surface area (Å²) in [7, 11) is 0. The number of benzene rings is 4. The lowest BCUT2D eigenvalue weighted by molar-refractivity contribution is 0.1000. The van der Waals surface area contributed by atoms with Gasteiger partial charge in [0.05, 0.1) is 6.61 Å². The summed E-state index contributed by atoms with van der Waals surface area (Å²) < 4.78 is 5.98. The molecule has 190 valence electrons. The number of rotatable bonds is 12. The number of carbonyl (C=O) groups excluding carboxylic acids is 1. The molecule has 4 aromatic carbocycles. The Morgan fingerprint density at radius 2 is 1.46 bits per heavy atom. The Morgan fingerprint density at radius 1 is 0.838 bits per heavy atom. The predicted octanol–water partition coefficient (Wildman–Crippen LogP) is 6.51. The van der Waals surface area contributed by atoms with Gasteiger partial charge in [-0.2, -0.15) is 0 Å². The lowest BCUT2D eigenvalue weighted by Gasteiger charge is -2.29. The summed E-state index contributed by atoms with van der Waals surface area (Å²) in [6.45, 7) is 7.64. The predicted molar refractivity (Wildman–Crippen MR) is 151 cm³/mol. The van der Waals surface area contributed by atoms with Crippen molar-refractivity contribution in [3.63, 3.8) is 0 Å². The quantitative estimate of drug-likeness (QED) is 0.230. The summed E-state index contributed by atoms with van der Waals surface area (Å²) in [5.41, 5.74) is 12.4. The molecule has 0 aliphatic rings. The first-order chi connectivity index (χ1) is 18.0. The van der Waals surface area contributed by atoms with Crippen LogP contribution >= 0.6 is 0 Å². The van der Waals surface area contributed by atoms with Crippen LogP contribution in [0.5, 0.6) is 5.75 Å². The van der Waals surface area contributed by atoms with E-state index in [1.807, 2.05) is 0 Å². The third-order valence-electron chi connectivity index (χ3n) is 6.76. The van der Waals surface area contributed by atoms with E-state index >= 15 is 0 Å². The highest BCUT2D eigenvalue weighted by Crippen LogP contribution is 2.27. The van der Waals surface area contributed by atoms with Gasteiger partial charge in [0.15, 0.2) is 0 Å². The summed E-state index contributed by atoms with van der Waals surface area (Å²) in [5.74, 6) is 0.591. The number of hydrogen-bond acceptors (Lipinski definition) is 3. The number of carbonyl (C=O) groups is 1. The molecule has 4 heteroatoms. The molecule has 0 radical (unpaired) electrons. The number of hydrogen-bond donors (Lipinski definition) is 1. The van der Waals surface area contributed by atoms with E-state index in [4.69, 9.17) is 10.5 Å². The average molecular weight is 493 g/mol. The van der Waals surface area contributed by atoms with Crippen LogP contribution in [0.15, 0.2) is 103 Å². The molecule has 0 bridgehead atoms. The topological polar surface area (TPSA) is 55.6 Å². The number of primary amides is 1. The number of ether oxygens (including phenoxy) is 1. The number of nitrogens with zero attached hydrogens (tertiary/aromatic N) is 1.